The molecule has 0 heterocycles. The molecule has 0 aromatic heterocycles. The van der Waals surface area contributed by atoms with Gasteiger partial charge in [0.05, 0.1) is 6.04 Å². The minimum Gasteiger partial charge on any atom is -0.324 e. The van der Waals surface area contributed by atoms with Crippen molar-refractivity contribution in [3.63, 3.8) is 0 Å². The van der Waals surface area contributed by atoms with E-state index in [0.717, 1.165) is 30.4 Å². The normalized spacial score (nSPS) is 13.3. The molecule has 0 aliphatic heterocycles. The number of hydrogen-bond acceptors (Lipinski definition) is 5. The zero-order chi connectivity index (χ0) is 31.5. The summed E-state index contributed by atoms with van der Waals surface area (Å²) in [5, 5.41) is 9.71. The molecule has 5 N–H and O–H groups in total. The van der Waals surface area contributed by atoms with Gasteiger partial charge in [-0.2, -0.15) is 0 Å². The maximum absolute atomic E-state index is 12.9. The third-order valence-electron chi connectivity index (χ3n) is 7.00. The molecule has 0 aliphatic rings. The quantitative estimate of drug-likeness (QED) is 0.149. The molecular formula is C36H46F2N4O. The lowest BCUT2D eigenvalue weighted by molar-refractivity contribution is -0.109. The van der Waals surface area contributed by atoms with Crippen molar-refractivity contribution in [2.75, 3.05) is 20.6 Å². The van der Waals surface area contributed by atoms with E-state index in [0.29, 0.717) is 18.5 Å². The first-order valence-corrected chi connectivity index (χ1v) is 14.6. The first-order chi connectivity index (χ1) is 20.7. The molecule has 43 heavy (non-hydrogen) atoms. The average molecular weight is 589 g/mol. The minimum absolute atomic E-state index is 0.159. The molecule has 5 nitrogen and oxygen atoms in total. The van der Waals surface area contributed by atoms with Gasteiger partial charge in [-0.1, -0.05) is 84.9 Å². The summed E-state index contributed by atoms with van der Waals surface area (Å²) in [5.41, 5.74) is 10.2. The minimum atomic E-state index is -0.254. The van der Waals surface area contributed by atoms with Crippen molar-refractivity contribution in [2.45, 2.75) is 50.9 Å². The predicted octanol–water partition coefficient (Wildman–Crippen LogP) is 6.17. The van der Waals surface area contributed by atoms with E-state index in [1.807, 2.05) is 62.5 Å². The first kappa shape index (κ1) is 35.4. The second-order valence-electron chi connectivity index (χ2n) is 10.4. The zero-order valence-electron chi connectivity index (χ0n) is 25.6. The van der Waals surface area contributed by atoms with Gasteiger partial charge in [-0.3, -0.25) is 0 Å². The van der Waals surface area contributed by atoms with Gasteiger partial charge in [0.15, 0.2) is 0 Å². The molecule has 0 spiro atoms. The van der Waals surface area contributed by atoms with Crippen LogP contribution in [-0.2, 0) is 17.6 Å². The molecular weight excluding hydrogens is 542 g/mol. The third kappa shape index (κ3) is 14.3. The van der Waals surface area contributed by atoms with Crippen molar-refractivity contribution >= 4 is 6.29 Å². The fraction of sp³-hybridized carbons (Fsp3) is 0.306. The van der Waals surface area contributed by atoms with E-state index in [4.69, 9.17) is 5.73 Å². The fourth-order valence-electron chi connectivity index (χ4n) is 4.21. The van der Waals surface area contributed by atoms with E-state index < -0.39 is 0 Å². The van der Waals surface area contributed by atoms with Crippen LogP contribution in [0.5, 0.6) is 0 Å². The molecule has 0 radical (unpaired) electrons. The molecule has 4 atom stereocenters. The Labute approximate surface area is 255 Å². The van der Waals surface area contributed by atoms with Gasteiger partial charge >= 0.3 is 0 Å². The molecule has 0 amide bonds. The van der Waals surface area contributed by atoms with E-state index in [2.05, 4.69) is 47.1 Å². The van der Waals surface area contributed by atoms with Crippen molar-refractivity contribution < 1.29 is 13.6 Å². The lowest BCUT2D eigenvalue weighted by atomic mass is 10.0. The van der Waals surface area contributed by atoms with Crippen molar-refractivity contribution in [1.82, 2.24) is 16.0 Å². The summed E-state index contributed by atoms with van der Waals surface area (Å²) < 4.78 is 25.4. The number of hydrogen-bond donors (Lipinski definition) is 4. The highest BCUT2D eigenvalue weighted by molar-refractivity contribution is 5.58. The van der Waals surface area contributed by atoms with Crippen LogP contribution in [0.1, 0.15) is 48.2 Å². The number of aldehydes is 1. The fourth-order valence-corrected chi connectivity index (χ4v) is 4.21. The molecule has 4 aromatic rings. The Morgan fingerprint density at radius 1 is 0.674 bits per heavy atom. The van der Waals surface area contributed by atoms with Gasteiger partial charge in [-0.05, 0) is 87.3 Å². The third-order valence-corrected chi connectivity index (χ3v) is 7.00. The molecule has 0 unspecified atom stereocenters. The molecule has 0 bridgehead atoms. The Morgan fingerprint density at radius 3 is 1.53 bits per heavy atom. The maximum Gasteiger partial charge on any atom is 0.137 e. The summed E-state index contributed by atoms with van der Waals surface area (Å²) >= 11 is 0. The zero-order valence-corrected chi connectivity index (χ0v) is 25.6. The Hall–Kier alpha value is -3.75. The average Bonchev–Trinajstić information content (AvgIpc) is 3.05. The molecule has 0 aliphatic carbocycles. The maximum atomic E-state index is 12.9. The van der Waals surface area contributed by atoms with Gasteiger partial charge in [0.1, 0.15) is 17.9 Å². The molecule has 4 rings (SSSR count). The lowest BCUT2D eigenvalue weighted by Gasteiger charge is -2.21. The van der Waals surface area contributed by atoms with Gasteiger partial charge in [0.25, 0.3) is 0 Å². The van der Waals surface area contributed by atoms with E-state index in [9.17, 15) is 13.6 Å². The molecule has 0 saturated carbocycles. The number of rotatable bonds is 12. The largest absolute Gasteiger partial charge is 0.324 e. The van der Waals surface area contributed by atoms with Crippen molar-refractivity contribution in [3.05, 3.63) is 143 Å². The summed E-state index contributed by atoms with van der Waals surface area (Å²) in [6, 6.07) is 34.0. The summed E-state index contributed by atoms with van der Waals surface area (Å²) in [6.07, 6.45) is 2.33. The predicted molar refractivity (Wildman–Crippen MR) is 174 cm³/mol. The van der Waals surface area contributed by atoms with Crippen molar-refractivity contribution in [3.8, 4) is 0 Å². The highest BCUT2D eigenvalue weighted by atomic mass is 19.1. The van der Waals surface area contributed by atoms with Gasteiger partial charge in [0, 0.05) is 24.7 Å². The molecule has 230 valence electrons. The Balaban J connectivity index is 0.000000249. The summed E-state index contributed by atoms with van der Waals surface area (Å²) in [4.78, 5) is 10.5. The smallest absolute Gasteiger partial charge is 0.137 e. The molecule has 0 saturated heterocycles. The van der Waals surface area contributed by atoms with E-state index in [-0.39, 0.29) is 23.7 Å². The number of likely N-dealkylation sites (N-methyl/N-ethyl adjacent to an activating group) is 2. The van der Waals surface area contributed by atoms with Crippen LogP contribution >= 0.6 is 0 Å². The first-order valence-electron chi connectivity index (χ1n) is 14.6. The molecule has 7 heteroatoms. The SMILES string of the molecule is CN[C@H](C=O)Cc1ccc(F)cc1.CN[C@H](CN[C@H](C)c1ccccc1)Cc1ccc(F)cc1.C[C@@H](N)c1ccccc1. The van der Waals surface area contributed by atoms with Crippen molar-refractivity contribution in [2.24, 2.45) is 5.73 Å². The van der Waals surface area contributed by atoms with Crippen LogP contribution in [-0.4, -0.2) is 39.0 Å². The summed E-state index contributed by atoms with van der Waals surface area (Å²) in [5.74, 6) is -0.438. The van der Waals surface area contributed by atoms with Crippen LogP contribution in [0.3, 0.4) is 0 Å². The van der Waals surface area contributed by atoms with E-state index in [1.165, 1.54) is 35.4 Å². The van der Waals surface area contributed by atoms with E-state index >= 15 is 0 Å². The van der Waals surface area contributed by atoms with Crippen LogP contribution in [0.15, 0.2) is 109 Å². The van der Waals surface area contributed by atoms with Crippen LogP contribution < -0.4 is 21.7 Å². The van der Waals surface area contributed by atoms with Crippen molar-refractivity contribution in [1.29, 1.82) is 0 Å². The number of nitrogens with two attached hydrogens (primary N) is 1. The second-order valence-corrected chi connectivity index (χ2v) is 10.4. The van der Waals surface area contributed by atoms with Gasteiger partial charge in [-0.15, -0.1) is 0 Å². The number of benzene rings is 4. The summed E-state index contributed by atoms with van der Waals surface area (Å²) in [7, 11) is 3.69. The molecule has 0 fully saturated rings. The Bertz CT molecular complexity index is 1270. The molecule has 4 aromatic carbocycles. The van der Waals surface area contributed by atoms with Gasteiger partial charge in [-0.25, -0.2) is 8.78 Å². The van der Waals surface area contributed by atoms with Crippen LogP contribution in [0.4, 0.5) is 8.78 Å². The van der Waals surface area contributed by atoms with Crippen LogP contribution in [0.2, 0.25) is 0 Å². The highest BCUT2D eigenvalue weighted by Crippen LogP contribution is 2.12. The Morgan fingerprint density at radius 2 is 1.14 bits per heavy atom. The topological polar surface area (TPSA) is 79.2 Å². The standard InChI is InChI=1S/C18H23FN2.C10H12FNO.C8H11N/c1-14(16-6-4-3-5-7-16)21-13-18(20-2)12-15-8-10-17(19)11-9-15;1-12-10(7-13)6-8-2-4-9(11)5-3-8;1-7(9)8-5-3-2-4-6-8/h3-11,14,18,20-21H,12-13H2,1-2H3;2-5,7,10,12H,6H2,1H3;2-7H,9H2,1H3/t14-,18+;10-;7-/m101/s1. The van der Waals surface area contributed by atoms with Gasteiger partial charge < -0.3 is 26.5 Å². The highest BCUT2D eigenvalue weighted by Gasteiger charge is 2.10. The Kier molecular flexibility index (Phi) is 16.7. The number of halogens is 2. The van der Waals surface area contributed by atoms with Gasteiger partial charge in [0.2, 0.25) is 0 Å². The number of nitrogens with one attached hydrogen (secondary N) is 3. The second kappa shape index (κ2) is 20.2. The monoisotopic (exact) mass is 588 g/mol. The van der Waals surface area contributed by atoms with Crippen LogP contribution in [0.25, 0.3) is 0 Å². The van der Waals surface area contributed by atoms with Crippen LogP contribution in [0, 0.1) is 11.6 Å². The van der Waals surface area contributed by atoms with E-state index in [1.54, 1.807) is 19.2 Å². The number of carbonyl (C=O) groups is 1. The summed E-state index contributed by atoms with van der Waals surface area (Å²) in [6.45, 7) is 5.01. The lowest BCUT2D eigenvalue weighted by Crippen LogP contribution is -2.39. The number of carbonyl (C=O) groups excluding carboxylic acids is 1.